The monoisotopic (exact) mass is 258 g/mol. The molecule has 2 nitrogen and oxygen atoms in total. The van der Waals surface area contributed by atoms with E-state index in [4.69, 9.17) is 4.74 Å². The highest BCUT2D eigenvalue weighted by atomic mass is 16.5. The molecule has 0 spiro atoms. The zero-order chi connectivity index (χ0) is 14.0. The van der Waals surface area contributed by atoms with Crippen molar-refractivity contribution < 1.29 is 9.53 Å². The molecule has 1 aliphatic carbocycles. The van der Waals surface area contributed by atoms with E-state index in [1.807, 2.05) is 6.07 Å². The van der Waals surface area contributed by atoms with E-state index >= 15 is 0 Å². The Labute approximate surface area is 115 Å². The van der Waals surface area contributed by atoms with Gasteiger partial charge in [-0.05, 0) is 36.5 Å². The summed E-state index contributed by atoms with van der Waals surface area (Å²) in [6.45, 7) is 9.03. The number of carbonyl (C=O) groups excluding carboxylic acids is 1. The van der Waals surface area contributed by atoms with Crippen LogP contribution in [0.25, 0.3) is 5.57 Å². The number of ether oxygens (including phenoxy) is 1. The summed E-state index contributed by atoms with van der Waals surface area (Å²) in [4.78, 5) is 12.2. The highest BCUT2D eigenvalue weighted by molar-refractivity contribution is 6.24. The van der Waals surface area contributed by atoms with Crippen LogP contribution in [0.4, 0.5) is 0 Å². The molecule has 2 rings (SSSR count). The summed E-state index contributed by atoms with van der Waals surface area (Å²) in [7, 11) is 0. The number of benzene rings is 1. The molecule has 0 bridgehead atoms. The average Bonchev–Trinajstić information content (AvgIpc) is 2.69. The second kappa shape index (κ2) is 5.60. The number of hydrogen-bond donors (Lipinski definition) is 0. The maximum atomic E-state index is 12.2. The third kappa shape index (κ3) is 2.89. The molecule has 2 heteroatoms. The fourth-order valence-electron chi connectivity index (χ4n) is 2.53. The van der Waals surface area contributed by atoms with Crippen LogP contribution >= 0.6 is 0 Å². The molecule has 0 heterocycles. The van der Waals surface area contributed by atoms with E-state index in [0.717, 1.165) is 34.4 Å². The zero-order valence-corrected chi connectivity index (χ0v) is 12.2. The zero-order valence-electron chi connectivity index (χ0n) is 12.2. The van der Waals surface area contributed by atoms with Gasteiger partial charge in [0, 0.05) is 12.8 Å². The summed E-state index contributed by atoms with van der Waals surface area (Å²) in [6, 6.07) is 6.14. The first-order valence-electron chi connectivity index (χ1n) is 6.96. The van der Waals surface area contributed by atoms with Crippen molar-refractivity contribution in [3.63, 3.8) is 0 Å². The van der Waals surface area contributed by atoms with Crippen LogP contribution in [0.3, 0.4) is 0 Å². The molecule has 0 unspecified atom stereocenters. The summed E-state index contributed by atoms with van der Waals surface area (Å²) in [5, 5.41) is 0. The Morgan fingerprint density at radius 3 is 2.37 bits per heavy atom. The summed E-state index contributed by atoms with van der Waals surface area (Å²) < 4.78 is 5.87. The Balaban J connectivity index is 2.43. The molecule has 19 heavy (non-hydrogen) atoms. The Kier molecular flexibility index (Phi) is 4.08. The van der Waals surface area contributed by atoms with Gasteiger partial charge in [0.25, 0.3) is 0 Å². The van der Waals surface area contributed by atoms with Crippen LogP contribution in [-0.4, -0.2) is 12.4 Å². The molecule has 0 N–H and O–H groups in total. The van der Waals surface area contributed by atoms with Crippen molar-refractivity contribution >= 4 is 11.4 Å². The number of Topliss-reactive ketones (excluding diaryl/α,β-unsaturated/α-hetero) is 1. The third-order valence-electron chi connectivity index (χ3n) is 3.46. The molecule has 0 saturated heterocycles. The lowest BCUT2D eigenvalue weighted by molar-refractivity contribution is -0.113. The van der Waals surface area contributed by atoms with Crippen molar-refractivity contribution in [3.05, 3.63) is 40.6 Å². The van der Waals surface area contributed by atoms with E-state index in [1.54, 1.807) is 0 Å². The third-order valence-corrected chi connectivity index (χ3v) is 3.46. The highest BCUT2D eigenvalue weighted by Crippen LogP contribution is 2.35. The van der Waals surface area contributed by atoms with Gasteiger partial charge in [0.15, 0.2) is 5.78 Å². The highest BCUT2D eigenvalue weighted by Gasteiger charge is 2.27. The van der Waals surface area contributed by atoms with Crippen molar-refractivity contribution in [1.82, 2.24) is 0 Å². The second-order valence-corrected chi connectivity index (χ2v) is 5.69. The summed E-state index contributed by atoms with van der Waals surface area (Å²) in [5.74, 6) is 1.58. The molecular weight excluding hydrogens is 236 g/mol. The van der Waals surface area contributed by atoms with Crippen molar-refractivity contribution in [2.75, 3.05) is 6.61 Å². The van der Waals surface area contributed by atoms with Gasteiger partial charge in [0.1, 0.15) is 5.76 Å². The predicted molar refractivity (Wildman–Crippen MR) is 77.9 cm³/mol. The lowest BCUT2D eigenvalue weighted by atomic mass is 9.94. The first-order valence-corrected chi connectivity index (χ1v) is 6.96. The van der Waals surface area contributed by atoms with Gasteiger partial charge < -0.3 is 4.74 Å². The number of rotatable bonds is 4. The number of hydrogen-bond acceptors (Lipinski definition) is 2. The molecule has 0 aromatic heterocycles. The molecule has 0 fully saturated rings. The lowest BCUT2D eigenvalue weighted by Gasteiger charge is -2.14. The Bertz CT molecular complexity index is 504. The van der Waals surface area contributed by atoms with Gasteiger partial charge in [-0.3, -0.25) is 4.79 Å². The Hall–Kier alpha value is -1.57. The molecule has 1 aromatic carbocycles. The van der Waals surface area contributed by atoms with Gasteiger partial charge in [0.05, 0.1) is 12.2 Å². The van der Waals surface area contributed by atoms with Crippen LogP contribution in [0, 0.1) is 19.8 Å². The van der Waals surface area contributed by atoms with Crippen molar-refractivity contribution in [3.8, 4) is 0 Å². The fourth-order valence-corrected chi connectivity index (χ4v) is 2.53. The standard InChI is InChI=1S/C17H22O2/c1-11(2)10-19-15-9-8-14(18)17(15)16-12(3)6-5-7-13(16)4/h5-7,11H,8-10H2,1-4H3. The van der Waals surface area contributed by atoms with E-state index < -0.39 is 0 Å². The van der Waals surface area contributed by atoms with E-state index in [-0.39, 0.29) is 5.78 Å². The second-order valence-electron chi connectivity index (χ2n) is 5.69. The number of carbonyl (C=O) groups is 1. The van der Waals surface area contributed by atoms with Gasteiger partial charge in [-0.2, -0.15) is 0 Å². The molecule has 0 atom stereocenters. The minimum Gasteiger partial charge on any atom is -0.497 e. The molecule has 1 aromatic rings. The van der Waals surface area contributed by atoms with E-state index in [0.29, 0.717) is 18.9 Å². The first kappa shape index (κ1) is 13.9. The van der Waals surface area contributed by atoms with Crippen LogP contribution in [-0.2, 0) is 9.53 Å². The van der Waals surface area contributed by atoms with E-state index in [9.17, 15) is 4.79 Å². The summed E-state index contributed by atoms with van der Waals surface area (Å²) in [6.07, 6.45) is 1.32. The minimum atomic E-state index is 0.219. The molecule has 0 amide bonds. The topological polar surface area (TPSA) is 26.3 Å². The van der Waals surface area contributed by atoms with Crippen LogP contribution in [0.5, 0.6) is 0 Å². The molecule has 0 saturated carbocycles. The molecular formula is C17H22O2. The minimum absolute atomic E-state index is 0.219. The van der Waals surface area contributed by atoms with Crippen molar-refractivity contribution in [1.29, 1.82) is 0 Å². The number of ketones is 1. The van der Waals surface area contributed by atoms with Gasteiger partial charge in [-0.1, -0.05) is 32.0 Å². The van der Waals surface area contributed by atoms with Crippen LogP contribution in [0.15, 0.2) is 24.0 Å². The molecule has 102 valence electrons. The van der Waals surface area contributed by atoms with Crippen LogP contribution in [0.2, 0.25) is 0 Å². The van der Waals surface area contributed by atoms with E-state index in [1.165, 1.54) is 0 Å². The maximum Gasteiger partial charge on any atom is 0.167 e. The molecule has 0 radical (unpaired) electrons. The average molecular weight is 258 g/mol. The summed E-state index contributed by atoms with van der Waals surface area (Å²) >= 11 is 0. The van der Waals surface area contributed by atoms with Crippen molar-refractivity contribution in [2.45, 2.75) is 40.5 Å². The largest absolute Gasteiger partial charge is 0.497 e. The normalized spacial score (nSPS) is 15.5. The quantitative estimate of drug-likeness (QED) is 0.814. The number of allylic oxidation sites excluding steroid dienone is 2. The Morgan fingerprint density at radius 1 is 1.16 bits per heavy atom. The van der Waals surface area contributed by atoms with Gasteiger partial charge >= 0.3 is 0 Å². The molecule has 0 aliphatic heterocycles. The van der Waals surface area contributed by atoms with Gasteiger partial charge in [0.2, 0.25) is 0 Å². The Morgan fingerprint density at radius 2 is 1.79 bits per heavy atom. The SMILES string of the molecule is Cc1cccc(C)c1C1=C(OCC(C)C)CCC1=O. The predicted octanol–water partition coefficient (Wildman–Crippen LogP) is 4.05. The summed E-state index contributed by atoms with van der Waals surface area (Å²) in [5.41, 5.74) is 4.19. The fraction of sp³-hybridized carbons (Fsp3) is 0.471. The molecule has 1 aliphatic rings. The van der Waals surface area contributed by atoms with E-state index in [2.05, 4.69) is 39.8 Å². The number of aryl methyl sites for hydroxylation is 2. The van der Waals surface area contributed by atoms with Gasteiger partial charge in [-0.15, -0.1) is 0 Å². The van der Waals surface area contributed by atoms with Crippen LogP contribution in [0.1, 0.15) is 43.4 Å². The van der Waals surface area contributed by atoms with Gasteiger partial charge in [-0.25, -0.2) is 0 Å². The van der Waals surface area contributed by atoms with Crippen molar-refractivity contribution in [2.24, 2.45) is 5.92 Å². The first-order chi connectivity index (χ1) is 9.00. The smallest absolute Gasteiger partial charge is 0.167 e. The lowest BCUT2D eigenvalue weighted by Crippen LogP contribution is -2.05. The van der Waals surface area contributed by atoms with Crippen LogP contribution < -0.4 is 0 Å². The maximum absolute atomic E-state index is 12.2.